The lowest BCUT2D eigenvalue weighted by atomic mass is 10.2. The molecule has 1 N–H and O–H groups in total. The van der Waals surface area contributed by atoms with Crippen molar-refractivity contribution in [3.8, 4) is 0 Å². The number of aliphatic hydroxyl groups excluding tert-OH is 1. The van der Waals surface area contributed by atoms with Crippen molar-refractivity contribution in [1.82, 2.24) is 9.21 Å². The first-order chi connectivity index (χ1) is 9.45. The third kappa shape index (κ3) is 3.20. The summed E-state index contributed by atoms with van der Waals surface area (Å²) in [6, 6.07) is 7.08. The Balaban J connectivity index is 2.14. The highest BCUT2D eigenvalue weighted by atomic mass is 32.2. The van der Waals surface area contributed by atoms with E-state index in [1.165, 1.54) is 4.31 Å². The molecule has 1 unspecified atom stereocenters. The number of aliphatic hydroxyl groups is 1. The summed E-state index contributed by atoms with van der Waals surface area (Å²) in [6.45, 7) is 6.23. The van der Waals surface area contributed by atoms with Crippen molar-refractivity contribution in [3.05, 3.63) is 29.8 Å². The van der Waals surface area contributed by atoms with Crippen molar-refractivity contribution < 1.29 is 13.5 Å². The van der Waals surface area contributed by atoms with Crippen molar-refractivity contribution >= 4 is 10.0 Å². The average Bonchev–Trinajstić information content (AvgIpc) is 2.41. The summed E-state index contributed by atoms with van der Waals surface area (Å²) in [7, 11) is -3.41. The molecule has 0 saturated carbocycles. The minimum atomic E-state index is -3.41. The summed E-state index contributed by atoms with van der Waals surface area (Å²) in [5, 5.41) is 8.99. The third-order valence-electron chi connectivity index (χ3n) is 3.77. The molecule has 0 radical (unpaired) electrons. The molecule has 1 aliphatic rings. The molecular weight excluding hydrogens is 276 g/mol. The van der Waals surface area contributed by atoms with Crippen LogP contribution in [0.3, 0.4) is 0 Å². The van der Waals surface area contributed by atoms with Crippen molar-refractivity contribution in [3.63, 3.8) is 0 Å². The van der Waals surface area contributed by atoms with Crippen LogP contribution in [0.5, 0.6) is 0 Å². The topological polar surface area (TPSA) is 60.9 Å². The Kier molecular flexibility index (Phi) is 4.80. The highest BCUT2D eigenvalue weighted by Gasteiger charge is 2.31. The first-order valence-electron chi connectivity index (χ1n) is 6.87. The van der Waals surface area contributed by atoms with E-state index in [0.29, 0.717) is 31.1 Å². The van der Waals surface area contributed by atoms with Crippen molar-refractivity contribution in [2.45, 2.75) is 24.8 Å². The monoisotopic (exact) mass is 298 g/mol. The summed E-state index contributed by atoms with van der Waals surface area (Å²) in [5.74, 6) is 0. The molecule has 0 aliphatic carbocycles. The highest BCUT2D eigenvalue weighted by molar-refractivity contribution is 7.89. The fraction of sp³-hybridized carbons (Fsp3) is 0.571. The minimum Gasteiger partial charge on any atom is -0.395 e. The highest BCUT2D eigenvalue weighted by Crippen LogP contribution is 2.20. The van der Waals surface area contributed by atoms with Gasteiger partial charge in [0.25, 0.3) is 0 Å². The van der Waals surface area contributed by atoms with E-state index in [9.17, 15) is 8.42 Å². The lowest BCUT2D eigenvalue weighted by molar-refractivity contribution is 0.104. The van der Waals surface area contributed by atoms with E-state index < -0.39 is 10.0 Å². The van der Waals surface area contributed by atoms with Gasteiger partial charge < -0.3 is 5.11 Å². The van der Waals surface area contributed by atoms with Crippen LogP contribution in [0.1, 0.15) is 12.5 Å². The Morgan fingerprint density at radius 2 is 1.90 bits per heavy atom. The second-order valence-corrected chi connectivity index (χ2v) is 7.22. The normalized spacial score (nSPS) is 22.1. The fourth-order valence-electron chi connectivity index (χ4n) is 2.50. The van der Waals surface area contributed by atoms with Crippen LogP contribution in [0.2, 0.25) is 0 Å². The lowest BCUT2D eigenvalue weighted by Crippen LogP contribution is -2.54. The number of nitrogens with zero attached hydrogens (tertiary/aromatic N) is 2. The first kappa shape index (κ1) is 15.4. The third-order valence-corrected chi connectivity index (χ3v) is 5.65. The number of rotatable bonds is 4. The number of hydrogen-bond donors (Lipinski definition) is 1. The second-order valence-electron chi connectivity index (χ2n) is 5.28. The SMILES string of the molecule is Cc1ccc(S(=O)(=O)N2CCN(CCO)C(C)C2)cc1. The maximum Gasteiger partial charge on any atom is 0.243 e. The van der Waals surface area contributed by atoms with E-state index >= 15 is 0 Å². The number of sulfonamides is 1. The van der Waals surface area contributed by atoms with Gasteiger partial charge in [-0.1, -0.05) is 17.7 Å². The predicted octanol–water partition coefficient (Wildman–Crippen LogP) is 0.682. The maximum absolute atomic E-state index is 12.6. The second kappa shape index (κ2) is 6.22. The molecule has 1 atom stereocenters. The molecule has 0 aromatic heterocycles. The van der Waals surface area contributed by atoms with Gasteiger partial charge >= 0.3 is 0 Å². The molecule has 1 aliphatic heterocycles. The van der Waals surface area contributed by atoms with Crippen LogP contribution >= 0.6 is 0 Å². The van der Waals surface area contributed by atoms with Gasteiger partial charge in [0, 0.05) is 32.2 Å². The van der Waals surface area contributed by atoms with Crippen molar-refractivity contribution in [2.75, 3.05) is 32.8 Å². The molecule has 1 heterocycles. The molecule has 2 rings (SSSR count). The Morgan fingerprint density at radius 3 is 2.45 bits per heavy atom. The molecule has 5 nitrogen and oxygen atoms in total. The van der Waals surface area contributed by atoms with Crippen LogP contribution in [0.25, 0.3) is 0 Å². The van der Waals surface area contributed by atoms with Crippen molar-refractivity contribution in [2.24, 2.45) is 0 Å². The van der Waals surface area contributed by atoms with Gasteiger partial charge in [0.15, 0.2) is 0 Å². The van der Waals surface area contributed by atoms with Gasteiger partial charge in [-0.25, -0.2) is 8.42 Å². The number of β-amino-alcohol motifs (C(OH)–C–C–N with tert-alkyl or cyclic N) is 1. The van der Waals surface area contributed by atoms with E-state index in [1.807, 2.05) is 26.0 Å². The number of hydrogen-bond acceptors (Lipinski definition) is 4. The molecule has 0 amide bonds. The molecule has 1 fully saturated rings. The van der Waals surface area contributed by atoms with Crippen molar-refractivity contribution in [1.29, 1.82) is 0 Å². The van der Waals surface area contributed by atoms with Gasteiger partial charge in [-0.2, -0.15) is 4.31 Å². The quantitative estimate of drug-likeness (QED) is 0.888. The van der Waals surface area contributed by atoms with E-state index in [2.05, 4.69) is 4.90 Å². The molecule has 20 heavy (non-hydrogen) atoms. The average molecular weight is 298 g/mol. The number of benzene rings is 1. The zero-order valence-electron chi connectivity index (χ0n) is 12.0. The van der Waals surface area contributed by atoms with E-state index in [-0.39, 0.29) is 12.6 Å². The predicted molar refractivity (Wildman–Crippen MR) is 78.1 cm³/mol. The van der Waals surface area contributed by atoms with Crippen LogP contribution in [0, 0.1) is 6.92 Å². The Bertz CT molecular complexity index is 542. The molecule has 1 aromatic carbocycles. The molecular formula is C14H22N2O3S. The number of aryl methyl sites for hydroxylation is 1. The summed E-state index contributed by atoms with van der Waals surface area (Å²) >= 11 is 0. The van der Waals surface area contributed by atoms with E-state index in [0.717, 1.165) is 5.56 Å². The largest absolute Gasteiger partial charge is 0.395 e. The maximum atomic E-state index is 12.6. The smallest absolute Gasteiger partial charge is 0.243 e. The Hall–Kier alpha value is -0.950. The van der Waals surface area contributed by atoms with E-state index in [4.69, 9.17) is 5.11 Å². The van der Waals surface area contributed by atoms with Crippen LogP contribution in [-0.2, 0) is 10.0 Å². The Morgan fingerprint density at radius 1 is 1.25 bits per heavy atom. The van der Waals surface area contributed by atoms with Gasteiger partial charge in [-0.05, 0) is 26.0 Å². The molecule has 1 aromatic rings. The Labute approximate surface area is 120 Å². The van der Waals surface area contributed by atoms with Crippen LogP contribution in [0.4, 0.5) is 0 Å². The van der Waals surface area contributed by atoms with Crippen LogP contribution < -0.4 is 0 Å². The molecule has 6 heteroatoms. The standard InChI is InChI=1S/C14H22N2O3S/c1-12-3-5-14(6-4-12)20(18,19)16-8-7-15(9-10-17)13(2)11-16/h3-6,13,17H,7-11H2,1-2H3. The lowest BCUT2D eigenvalue weighted by Gasteiger charge is -2.38. The van der Waals surface area contributed by atoms with Gasteiger partial charge in [0.1, 0.15) is 0 Å². The van der Waals surface area contributed by atoms with Gasteiger partial charge in [0.2, 0.25) is 10.0 Å². The molecule has 112 valence electrons. The zero-order valence-corrected chi connectivity index (χ0v) is 12.8. The molecule has 1 saturated heterocycles. The van der Waals surface area contributed by atoms with Crippen LogP contribution in [-0.4, -0.2) is 61.6 Å². The summed E-state index contributed by atoms with van der Waals surface area (Å²) in [6.07, 6.45) is 0. The molecule has 0 spiro atoms. The summed E-state index contributed by atoms with van der Waals surface area (Å²) < 4.78 is 26.7. The first-order valence-corrected chi connectivity index (χ1v) is 8.31. The zero-order chi connectivity index (χ0) is 14.8. The summed E-state index contributed by atoms with van der Waals surface area (Å²) in [5.41, 5.74) is 1.05. The van der Waals surface area contributed by atoms with Gasteiger partial charge in [0.05, 0.1) is 11.5 Å². The van der Waals surface area contributed by atoms with E-state index in [1.54, 1.807) is 12.1 Å². The van der Waals surface area contributed by atoms with Crippen LogP contribution in [0.15, 0.2) is 29.2 Å². The van der Waals surface area contributed by atoms with Gasteiger partial charge in [-0.15, -0.1) is 0 Å². The molecule has 0 bridgehead atoms. The minimum absolute atomic E-state index is 0.106. The number of piperazine rings is 1. The van der Waals surface area contributed by atoms with Gasteiger partial charge in [-0.3, -0.25) is 4.90 Å². The summed E-state index contributed by atoms with van der Waals surface area (Å²) in [4.78, 5) is 2.46. The fourth-order valence-corrected chi connectivity index (χ4v) is 4.01.